The molecule has 0 saturated heterocycles. The van der Waals surface area contributed by atoms with Crippen molar-refractivity contribution in [3.8, 4) is 0 Å². The van der Waals surface area contributed by atoms with Gasteiger partial charge in [0.15, 0.2) is 0 Å². The molecule has 0 spiro atoms. The van der Waals surface area contributed by atoms with Crippen LogP contribution in [0.25, 0.3) is 0 Å². The lowest BCUT2D eigenvalue weighted by Crippen LogP contribution is -2.24. The minimum absolute atomic E-state index is 0.909. The molecule has 1 aliphatic rings. The highest BCUT2D eigenvalue weighted by atomic mass is 15.1. The molecule has 1 saturated carbocycles. The normalized spacial score (nSPS) is 16.2. The number of hydrogen-bond donors (Lipinski definition) is 1. The standard InChI is InChI=1S/C16H27N3/c1-3-9-17-15-8-10-18-16(11-15)13-19(2)12-14-6-4-5-7-14/h8,10-11,14H,3-7,9,12-13H2,1-2H3,(H,17,18). The first-order chi connectivity index (χ1) is 9.28. The summed E-state index contributed by atoms with van der Waals surface area (Å²) in [6.45, 7) is 5.39. The molecule has 0 aromatic carbocycles. The molecule has 1 aromatic rings. The maximum atomic E-state index is 4.48. The van der Waals surface area contributed by atoms with E-state index in [0.29, 0.717) is 0 Å². The molecule has 3 nitrogen and oxygen atoms in total. The molecule has 19 heavy (non-hydrogen) atoms. The number of rotatable bonds is 7. The molecule has 0 amide bonds. The molecule has 0 atom stereocenters. The van der Waals surface area contributed by atoms with Crippen molar-refractivity contribution < 1.29 is 0 Å². The van der Waals surface area contributed by atoms with E-state index >= 15 is 0 Å². The maximum Gasteiger partial charge on any atom is 0.0564 e. The number of pyridine rings is 1. The van der Waals surface area contributed by atoms with Crippen LogP contribution in [0.2, 0.25) is 0 Å². The summed E-state index contributed by atoms with van der Waals surface area (Å²) in [5.74, 6) is 0.909. The Morgan fingerprint density at radius 1 is 1.37 bits per heavy atom. The fourth-order valence-corrected chi connectivity index (χ4v) is 2.92. The van der Waals surface area contributed by atoms with Crippen LogP contribution in [0.3, 0.4) is 0 Å². The lowest BCUT2D eigenvalue weighted by atomic mass is 10.1. The van der Waals surface area contributed by atoms with Gasteiger partial charge in [-0.05, 0) is 44.4 Å². The molecule has 1 fully saturated rings. The number of anilines is 1. The minimum atomic E-state index is 0.909. The van der Waals surface area contributed by atoms with Crippen molar-refractivity contribution in [2.24, 2.45) is 5.92 Å². The SMILES string of the molecule is CCCNc1ccnc(CN(C)CC2CCCC2)c1. The second kappa shape index (κ2) is 7.49. The average molecular weight is 261 g/mol. The van der Waals surface area contributed by atoms with Crippen LogP contribution >= 0.6 is 0 Å². The van der Waals surface area contributed by atoms with Gasteiger partial charge in [-0.25, -0.2) is 0 Å². The third-order valence-electron chi connectivity index (χ3n) is 3.87. The Kier molecular flexibility index (Phi) is 5.64. The predicted molar refractivity (Wildman–Crippen MR) is 81.3 cm³/mol. The highest BCUT2D eigenvalue weighted by molar-refractivity contribution is 5.43. The Labute approximate surface area is 117 Å². The smallest absolute Gasteiger partial charge is 0.0564 e. The van der Waals surface area contributed by atoms with Gasteiger partial charge in [0.2, 0.25) is 0 Å². The van der Waals surface area contributed by atoms with Crippen LogP contribution in [0.4, 0.5) is 5.69 Å². The molecule has 3 heteroatoms. The largest absolute Gasteiger partial charge is 0.385 e. The van der Waals surface area contributed by atoms with Crippen molar-refractivity contribution in [1.29, 1.82) is 0 Å². The van der Waals surface area contributed by atoms with E-state index in [4.69, 9.17) is 0 Å². The van der Waals surface area contributed by atoms with Crippen molar-refractivity contribution in [1.82, 2.24) is 9.88 Å². The molecule has 1 aromatic heterocycles. The molecule has 1 aliphatic carbocycles. The highest BCUT2D eigenvalue weighted by Gasteiger charge is 2.16. The highest BCUT2D eigenvalue weighted by Crippen LogP contribution is 2.25. The number of nitrogens with zero attached hydrogens (tertiary/aromatic N) is 2. The Bertz CT molecular complexity index is 372. The van der Waals surface area contributed by atoms with Crippen LogP contribution in [0.15, 0.2) is 18.3 Å². The first-order valence-corrected chi connectivity index (χ1v) is 7.65. The topological polar surface area (TPSA) is 28.2 Å². The Morgan fingerprint density at radius 3 is 2.89 bits per heavy atom. The molecule has 0 aliphatic heterocycles. The number of aromatic nitrogens is 1. The zero-order valence-electron chi connectivity index (χ0n) is 12.4. The van der Waals surface area contributed by atoms with Crippen LogP contribution in [0, 0.1) is 5.92 Å². The summed E-state index contributed by atoms with van der Waals surface area (Å²) in [7, 11) is 2.21. The summed E-state index contributed by atoms with van der Waals surface area (Å²) >= 11 is 0. The van der Waals surface area contributed by atoms with Gasteiger partial charge in [0.1, 0.15) is 0 Å². The maximum absolute atomic E-state index is 4.48. The molecule has 2 rings (SSSR count). The van der Waals surface area contributed by atoms with Crippen LogP contribution in [0.5, 0.6) is 0 Å². The second-order valence-electron chi connectivity index (χ2n) is 5.81. The van der Waals surface area contributed by atoms with E-state index in [0.717, 1.165) is 25.4 Å². The lowest BCUT2D eigenvalue weighted by Gasteiger charge is -2.20. The minimum Gasteiger partial charge on any atom is -0.385 e. The Balaban J connectivity index is 1.83. The van der Waals surface area contributed by atoms with Crippen LogP contribution in [0.1, 0.15) is 44.7 Å². The van der Waals surface area contributed by atoms with Crippen LogP contribution in [-0.2, 0) is 6.54 Å². The molecular weight excluding hydrogens is 234 g/mol. The van der Waals surface area contributed by atoms with E-state index in [9.17, 15) is 0 Å². The van der Waals surface area contributed by atoms with Crippen LogP contribution in [-0.4, -0.2) is 30.0 Å². The van der Waals surface area contributed by atoms with Gasteiger partial charge in [-0.15, -0.1) is 0 Å². The third-order valence-corrected chi connectivity index (χ3v) is 3.87. The fourth-order valence-electron chi connectivity index (χ4n) is 2.92. The Morgan fingerprint density at radius 2 is 2.16 bits per heavy atom. The summed E-state index contributed by atoms with van der Waals surface area (Å²) in [5, 5.41) is 3.42. The van der Waals surface area contributed by atoms with Gasteiger partial charge >= 0.3 is 0 Å². The van der Waals surface area contributed by atoms with Gasteiger partial charge in [-0.2, -0.15) is 0 Å². The van der Waals surface area contributed by atoms with E-state index in [-0.39, 0.29) is 0 Å². The van der Waals surface area contributed by atoms with Gasteiger partial charge in [-0.3, -0.25) is 4.98 Å². The van der Waals surface area contributed by atoms with Crippen molar-refractivity contribution in [2.75, 3.05) is 25.5 Å². The lowest BCUT2D eigenvalue weighted by molar-refractivity contribution is 0.268. The van der Waals surface area contributed by atoms with Gasteiger partial charge in [-0.1, -0.05) is 19.8 Å². The first-order valence-electron chi connectivity index (χ1n) is 7.65. The quantitative estimate of drug-likeness (QED) is 0.814. The molecule has 0 bridgehead atoms. The summed E-state index contributed by atoms with van der Waals surface area (Å²) in [4.78, 5) is 6.90. The van der Waals surface area contributed by atoms with E-state index in [2.05, 4.69) is 41.3 Å². The summed E-state index contributed by atoms with van der Waals surface area (Å²) in [6.07, 6.45) is 8.74. The average Bonchev–Trinajstić information content (AvgIpc) is 2.89. The predicted octanol–water partition coefficient (Wildman–Crippen LogP) is 3.53. The fraction of sp³-hybridized carbons (Fsp3) is 0.688. The van der Waals surface area contributed by atoms with Gasteiger partial charge in [0.05, 0.1) is 5.69 Å². The monoisotopic (exact) mass is 261 g/mol. The third kappa shape index (κ3) is 4.83. The van der Waals surface area contributed by atoms with E-state index < -0.39 is 0 Å². The number of nitrogens with one attached hydrogen (secondary N) is 1. The van der Waals surface area contributed by atoms with Crippen molar-refractivity contribution in [3.63, 3.8) is 0 Å². The molecule has 1 heterocycles. The molecule has 106 valence electrons. The van der Waals surface area contributed by atoms with Crippen molar-refractivity contribution in [2.45, 2.75) is 45.6 Å². The molecule has 0 unspecified atom stereocenters. The van der Waals surface area contributed by atoms with Gasteiger partial charge < -0.3 is 10.2 Å². The van der Waals surface area contributed by atoms with Gasteiger partial charge in [0.25, 0.3) is 0 Å². The molecular formula is C16H27N3. The van der Waals surface area contributed by atoms with Crippen molar-refractivity contribution in [3.05, 3.63) is 24.0 Å². The van der Waals surface area contributed by atoms with E-state index in [1.807, 2.05) is 6.20 Å². The Hall–Kier alpha value is -1.09. The number of hydrogen-bond acceptors (Lipinski definition) is 3. The summed E-state index contributed by atoms with van der Waals surface area (Å²) in [5.41, 5.74) is 2.36. The van der Waals surface area contributed by atoms with Gasteiger partial charge in [0, 0.05) is 31.5 Å². The van der Waals surface area contributed by atoms with Crippen LogP contribution < -0.4 is 5.32 Å². The molecule has 0 radical (unpaired) electrons. The molecule has 1 N–H and O–H groups in total. The summed E-state index contributed by atoms with van der Waals surface area (Å²) < 4.78 is 0. The zero-order valence-corrected chi connectivity index (χ0v) is 12.4. The first kappa shape index (κ1) is 14.3. The van der Waals surface area contributed by atoms with E-state index in [1.165, 1.54) is 43.6 Å². The van der Waals surface area contributed by atoms with Crippen molar-refractivity contribution >= 4 is 5.69 Å². The van der Waals surface area contributed by atoms with E-state index in [1.54, 1.807) is 0 Å². The second-order valence-corrected chi connectivity index (χ2v) is 5.81. The summed E-state index contributed by atoms with van der Waals surface area (Å²) in [6, 6.07) is 4.23. The zero-order chi connectivity index (χ0) is 13.5.